The minimum atomic E-state index is -3.46. The summed E-state index contributed by atoms with van der Waals surface area (Å²) in [5.74, 6) is 0. The molecule has 1 aromatic rings. The van der Waals surface area contributed by atoms with E-state index in [0.717, 1.165) is 5.56 Å². The molecule has 1 heterocycles. The van der Waals surface area contributed by atoms with E-state index in [2.05, 4.69) is 16.2 Å². The van der Waals surface area contributed by atoms with E-state index in [9.17, 15) is 8.42 Å². The molecule has 0 saturated heterocycles. The van der Waals surface area contributed by atoms with E-state index in [1.165, 1.54) is 17.4 Å². The summed E-state index contributed by atoms with van der Waals surface area (Å²) < 4.78 is 26.6. The number of allylic oxidation sites excluding steroid dienone is 3. The van der Waals surface area contributed by atoms with Crippen LogP contribution in [-0.4, -0.2) is 8.42 Å². The number of hydrogen-bond acceptors (Lipinski definition) is 3. The van der Waals surface area contributed by atoms with Crippen LogP contribution >= 0.6 is 11.3 Å². The summed E-state index contributed by atoms with van der Waals surface area (Å²) in [6.45, 7) is 1.86. The van der Waals surface area contributed by atoms with Crippen LogP contribution in [0.4, 0.5) is 0 Å². The Balaban J connectivity index is 2.25. The summed E-state index contributed by atoms with van der Waals surface area (Å²) in [5.41, 5.74) is 6.83. The monoisotopic (exact) mass is 251 g/mol. The van der Waals surface area contributed by atoms with E-state index in [1.54, 1.807) is 23.6 Å². The number of hydrogen-bond donors (Lipinski definition) is 1. The Morgan fingerprint density at radius 3 is 2.75 bits per heavy atom. The molecule has 82 valence electrons. The molecule has 1 aromatic heterocycles. The maximum atomic E-state index is 11.9. The Morgan fingerprint density at radius 2 is 2.19 bits per heavy atom. The zero-order valence-corrected chi connectivity index (χ0v) is 10.2. The summed E-state index contributed by atoms with van der Waals surface area (Å²) >= 11 is 1.21. The van der Waals surface area contributed by atoms with Crippen LogP contribution in [0, 0.1) is 6.92 Å². The van der Waals surface area contributed by atoms with Crippen LogP contribution in [0.1, 0.15) is 5.56 Å². The molecule has 0 bridgehead atoms. The second kappa shape index (κ2) is 4.16. The van der Waals surface area contributed by atoms with Gasteiger partial charge in [-0.05, 0) is 36.1 Å². The van der Waals surface area contributed by atoms with Gasteiger partial charge in [0.2, 0.25) is 0 Å². The van der Waals surface area contributed by atoms with Crippen LogP contribution in [0.15, 0.2) is 51.0 Å². The van der Waals surface area contributed by atoms with E-state index < -0.39 is 10.0 Å². The average Bonchev–Trinajstić information content (AvgIpc) is 2.66. The summed E-state index contributed by atoms with van der Waals surface area (Å²) in [6, 6.07) is 1.64. The predicted molar refractivity (Wildman–Crippen MR) is 63.6 cm³/mol. The Kier molecular flexibility index (Phi) is 2.86. The van der Waals surface area contributed by atoms with Crippen LogP contribution in [-0.2, 0) is 10.0 Å². The van der Waals surface area contributed by atoms with Crippen molar-refractivity contribution in [3.05, 3.63) is 52.4 Å². The summed E-state index contributed by atoms with van der Waals surface area (Å²) in [6.07, 6.45) is 4.78. The third-order valence-corrected chi connectivity index (χ3v) is 4.82. The molecule has 0 aliphatic heterocycles. The highest BCUT2D eigenvalue weighted by Gasteiger charge is 2.16. The molecule has 0 spiro atoms. The first-order chi connectivity index (χ1) is 7.58. The number of sulfonamides is 1. The second-order valence-corrected chi connectivity index (χ2v) is 6.09. The van der Waals surface area contributed by atoms with E-state index in [4.69, 9.17) is 0 Å². The molecule has 0 amide bonds. The van der Waals surface area contributed by atoms with Gasteiger partial charge in [0.05, 0.1) is 5.70 Å². The minimum absolute atomic E-state index is 0.317. The fourth-order valence-corrected chi connectivity index (χ4v) is 3.44. The van der Waals surface area contributed by atoms with E-state index >= 15 is 0 Å². The first-order valence-electron chi connectivity index (χ1n) is 4.54. The summed E-state index contributed by atoms with van der Waals surface area (Å²) in [5, 5.41) is 1.81. The fourth-order valence-electron chi connectivity index (χ4n) is 1.16. The van der Waals surface area contributed by atoms with Crippen LogP contribution in [0.5, 0.6) is 0 Å². The summed E-state index contributed by atoms with van der Waals surface area (Å²) in [7, 11) is -3.46. The van der Waals surface area contributed by atoms with Gasteiger partial charge in [-0.2, -0.15) is 0 Å². The van der Waals surface area contributed by atoms with Crippen molar-refractivity contribution in [1.82, 2.24) is 4.72 Å². The van der Waals surface area contributed by atoms with Gasteiger partial charge < -0.3 is 0 Å². The topological polar surface area (TPSA) is 46.2 Å². The van der Waals surface area contributed by atoms with Gasteiger partial charge in [0.1, 0.15) is 4.21 Å². The summed E-state index contributed by atoms with van der Waals surface area (Å²) in [4.78, 5) is 0. The van der Waals surface area contributed by atoms with Gasteiger partial charge in [-0.3, -0.25) is 4.72 Å². The molecule has 1 aliphatic rings. The largest absolute Gasteiger partial charge is 0.278 e. The number of nitrogens with one attached hydrogen (secondary N) is 1. The number of thiophene rings is 1. The minimum Gasteiger partial charge on any atom is -0.278 e. The van der Waals surface area contributed by atoms with Crippen molar-refractivity contribution >= 4 is 21.4 Å². The van der Waals surface area contributed by atoms with Gasteiger partial charge in [0.15, 0.2) is 0 Å². The van der Waals surface area contributed by atoms with Crippen molar-refractivity contribution in [2.24, 2.45) is 0 Å². The average molecular weight is 251 g/mol. The molecule has 0 fully saturated rings. The zero-order chi connectivity index (χ0) is 11.6. The van der Waals surface area contributed by atoms with Crippen LogP contribution in [0.25, 0.3) is 0 Å². The van der Waals surface area contributed by atoms with Gasteiger partial charge in [-0.15, -0.1) is 11.3 Å². The van der Waals surface area contributed by atoms with Gasteiger partial charge >= 0.3 is 0 Å². The fraction of sp³-hybridized carbons (Fsp3) is 0.0909. The molecule has 1 N–H and O–H groups in total. The molecular formula is C11H9NO2S2. The Labute approximate surface area is 98.2 Å². The van der Waals surface area contributed by atoms with Gasteiger partial charge in [-0.25, -0.2) is 8.42 Å². The Hall–Kier alpha value is -1.51. The number of aryl methyl sites for hydroxylation is 1. The van der Waals surface area contributed by atoms with Crippen molar-refractivity contribution in [3.63, 3.8) is 0 Å². The van der Waals surface area contributed by atoms with Gasteiger partial charge in [-0.1, -0.05) is 11.5 Å². The van der Waals surface area contributed by atoms with Gasteiger partial charge in [0, 0.05) is 6.08 Å². The van der Waals surface area contributed by atoms with Crippen molar-refractivity contribution in [2.45, 2.75) is 11.1 Å². The maximum Gasteiger partial charge on any atom is 0.271 e. The quantitative estimate of drug-likeness (QED) is 0.836. The van der Waals surface area contributed by atoms with E-state index in [1.807, 2.05) is 6.92 Å². The highest BCUT2D eigenvalue weighted by atomic mass is 32.2. The molecule has 5 heteroatoms. The molecule has 0 aromatic carbocycles. The lowest BCUT2D eigenvalue weighted by Crippen LogP contribution is -2.21. The maximum absolute atomic E-state index is 11.9. The van der Waals surface area contributed by atoms with Crippen molar-refractivity contribution < 1.29 is 8.42 Å². The molecule has 0 atom stereocenters. The normalized spacial score (nSPS) is 13.9. The smallest absolute Gasteiger partial charge is 0.271 e. The molecular weight excluding hydrogens is 242 g/mol. The van der Waals surface area contributed by atoms with Crippen molar-refractivity contribution in [3.8, 4) is 0 Å². The zero-order valence-electron chi connectivity index (χ0n) is 8.52. The molecule has 1 aliphatic carbocycles. The van der Waals surface area contributed by atoms with Crippen LogP contribution in [0.3, 0.4) is 0 Å². The second-order valence-electron chi connectivity index (χ2n) is 3.27. The first kappa shape index (κ1) is 11.0. The first-order valence-corrected chi connectivity index (χ1v) is 6.90. The highest BCUT2D eigenvalue weighted by Crippen LogP contribution is 2.20. The molecule has 2 rings (SSSR count). The predicted octanol–water partition coefficient (Wildman–Crippen LogP) is 2.10. The number of rotatable bonds is 3. The molecule has 16 heavy (non-hydrogen) atoms. The SMILES string of the molecule is Cc1csc(S(=O)(=O)NC2=CC=C=C=C2)c1. The molecule has 0 saturated carbocycles. The standard InChI is InChI=1S/C11H9NO2S2/c1-9-7-11(15-8-9)16(13,14)12-10-5-3-2-4-6-10/h3,5-8,12H,1H3. The Morgan fingerprint density at radius 1 is 1.38 bits per heavy atom. The lowest BCUT2D eigenvalue weighted by atomic mass is 10.3. The lowest BCUT2D eigenvalue weighted by molar-refractivity contribution is 0.591. The van der Waals surface area contributed by atoms with Crippen LogP contribution < -0.4 is 4.72 Å². The van der Waals surface area contributed by atoms with E-state index in [-0.39, 0.29) is 0 Å². The van der Waals surface area contributed by atoms with Crippen molar-refractivity contribution in [1.29, 1.82) is 0 Å². The molecule has 0 unspecified atom stereocenters. The molecule has 0 radical (unpaired) electrons. The molecule has 3 nitrogen and oxygen atoms in total. The Bertz CT molecular complexity index is 637. The highest BCUT2D eigenvalue weighted by molar-refractivity contribution is 7.91. The third kappa shape index (κ3) is 2.35. The van der Waals surface area contributed by atoms with Crippen molar-refractivity contribution in [2.75, 3.05) is 0 Å². The lowest BCUT2D eigenvalue weighted by Gasteiger charge is -2.05. The van der Waals surface area contributed by atoms with E-state index in [0.29, 0.717) is 9.91 Å². The third-order valence-electron chi connectivity index (χ3n) is 1.88. The van der Waals surface area contributed by atoms with Gasteiger partial charge in [0.25, 0.3) is 10.0 Å². The van der Waals surface area contributed by atoms with Crippen LogP contribution in [0.2, 0.25) is 0 Å².